The van der Waals surface area contributed by atoms with Gasteiger partial charge in [-0.3, -0.25) is 0 Å². The second-order valence-corrected chi connectivity index (χ2v) is 5.10. The van der Waals surface area contributed by atoms with Gasteiger partial charge in [-0.15, -0.1) is 0 Å². The average Bonchev–Trinajstić information content (AvgIpc) is 2.19. The number of hydrogen-bond acceptors (Lipinski definition) is 2. The van der Waals surface area contributed by atoms with E-state index in [9.17, 15) is 13.6 Å². The standard InChI is InChI=1S/C12H13BrF2O2/c1-12(2,3)17-11(16)8-5-4-7(6-13)9(14)10(8)15/h4-5H,6H2,1-3H3. The summed E-state index contributed by atoms with van der Waals surface area (Å²) in [5.74, 6) is -3.06. The first-order chi connectivity index (χ1) is 7.76. The fraction of sp³-hybridized carbons (Fsp3) is 0.417. The van der Waals surface area contributed by atoms with Crippen molar-refractivity contribution in [1.82, 2.24) is 0 Å². The van der Waals surface area contributed by atoms with Crippen molar-refractivity contribution in [3.8, 4) is 0 Å². The van der Waals surface area contributed by atoms with Crippen LogP contribution >= 0.6 is 15.9 Å². The van der Waals surface area contributed by atoms with Gasteiger partial charge in [-0.25, -0.2) is 13.6 Å². The Labute approximate surface area is 107 Å². The number of rotatable bonds is 2. The first-order valence-corrected chi connectivity index (χ1v) is 6.14. The summed E-state index contributed by atoms with van der Waals surface area (Å²) in [7, 11) is 0. The van der Waals surface area contributed by atoms with Crippen molar-refractivity contribution >= 4 is 21.9 Å². The van der Waals surface area contributed by atoms with Crippen molar-refractivity contribution < 1.29 is 18.3 Å². The van der Waals surface area contributed by atoms with Crippen LogP contribution < -0.4 is 0 Å². The molecule has 0 fully saturated rings. The molecule has 0 radical (unpaired) electrons. The molecule has 94 valence electrons. The average molecular weight is 307 g/mol. The molecule has 0 amide bonds. The van der Waals surface area contributed by atoms with Crippen molar-refractivity contribution in [3.05, 3.63) is 34.9 Å². The van der Waals surface area contributed by atoms with Crippen molar-refractivity contribution in [3.63, 3.8) is 0 Å². The molecule has 0 unspecified atom stereocenters. The molecule has 0 spiro atoms. The second-order valence-electron chi connectivity index (χ2n) is 4.54. The Morgan fingerprint density at radius 2 is 1.88 bits per heavy atom. The molecule has 0 aliphatic rings. The molecular formula is C12H13BrF2O2. The minimum atomic E-state index is -1.17. The number of esters is 1. The Bertz CT molecular complexity index is 439. The van der Waals surface area contributed by atoms with Gasteiger partial charge >= 0.3 is 5.97 Å². The van der Waals surface area contributed by atoms with Gasteiger partial charge in [-0.05, 0) is 26.8 Å². The van der Waals surface area contributed by atoms with Gasteiger partial charge in [0, 0.05) is 10.9 Å². The highest BCUT2D eigenvalue weighted by Crippen LogP contribution is 2.21. The molecule has 0 aromatic heterocycles. The number of alkyl halides is 1. The van der Waals surface area contributed by atoms with Crippen LogP contribution in [-0.4, -0.2) is 11.6 Å². The smallest absolute Gasteiger partial charge is 0.341 e. The van der Waals surface area contributed by atoms with E-state index in [-0.39, 0.29) is 16.5 Å². The van der Waals surface area contributed by atoms with Crippen LogP contribution in [0.3, 0.4) is 0 Å². The highest BCUT2D eigenvalue weighted by Gasteiger charge is 2.23. The Hall–Kier alpha value is -0.970. The predicted molar refractivity (Wildman–Crippen MR) is 64.2 cm³/mol. The topological polar surface area (TPSA) is 26.3 Å². The molecule has 1 aromatic rings. The Balaban J connectivity index is 3.08. The lowest BCUT2D eigenvalue weighted by Crippen LogP contribution is -2.24. The number of hydrogen-bond donors (Lipinski definition) is 0. The monoisotopic (exact) mass is 306 g/mol. The molecule has 0 saturated heterocycles. The molecule has 0 aliphatic carbocycles. The third-order valence-electron chi connectivity index (χ3n) is 1.93. The third-order valence-corrected chi connectivity index (χ3v) is 2.53. The summed E-state index contributed by atoms with van der Waals surface area (Å²) in [6.07, 6.45) is 0. The van der Waals surface area contributed by atoms with Crippen LogP contribution in [0.5, 0.6) is 0 Å². The van der Waals surface area contributed by atoms with Crippen LogP contribution in [0.1, 0.15) is 36.7 Å². The highest BCUT2D eigenvalue weighted by atomic mass is 79.9. The Kier molecular flexibility index (Phi) is 4.25. The number of carbonyl (C=O) groups excluding carboxylic acids is 1. The van der Waals surface area contributed by atoms with Gasteiger partial charge < -0.3 is 4.74 Å². The molecule has 17 heavy (non-hydrogen) atoms. The van der Waals surface area contributed by atoms with Gasteiger partial charge in [-0.1, -0.05) is 22.0 Å². The minimum absolute atomic E-state index is 0.162. The van der Waals surface area contributed by atoms with Crippen molar-refractivity contribution in [2.75, 3.05) is 0 Å². The van der Waals surface area contributed by atoms with Crippen LogP contribution in [0, 0.1) is 11.6 Å². The predicted octanol–water partition coefficient (Wildman–Crippen LogP) is 3.82. The molecule has 0 saturated carbocycles. The lowest BCUT2D eigenvalue weighted by Gasteiger charge is -2.19. The molecule has 1 rings (SSSR count). The Morgan fingerprint density at radius 1 is 1.29 bits per heavy atom. The molecule has 0 heterocycles. The fourth-order valence-corrected chi connectivity index (χ4v) is 1.62. The van der Waals surface area contributed by atoms with Crippen LogP contribution in [0.15, 0.2) is 12.1 Å². The fourth-order valence-electron chi connectivity index (χ4n) is 1.18. The van der Waals surface area contributed by atoms with Gasteiger partial charge in [-0.2, -0.15) is 0 Å². The number of halogens is 3. The third kappa shape index (κ3) is 3.49. The summed E-state index contributed by atoms with van der Waals surface area (Å²) in [6, 6.07) is 2.58. The number of carbonyl (C=O) groups is 1. The molecule has 0 N–H and O–H groups in total. The zero-order valence-electron chi connectivity index (χ0n) is 9.81. The summed E-state index contributed by atoms with van der Waals surface area (Å²) < 4.78 is 32.0. The van der Waals surface area contributed by atoms with Crippen LogP contribution in [0.25, 0.3) is 0 Å². The zero-order valence-corrected chi connectivity index (χ0v) is 11.4. The zero-order chi connectivity index (χ0) is 13.2. The van der Waals surface area contributed by atoms with E-state index in [4.69, 9.17) is 4.74 Å². The SMILES string of the molecule is CC(C)(C)OC(=O)c1ccc(CBr)c(F)c1F. The Morgan fingerprint density at radius 3 is 2.35 bits per heavy atom. The first kappa shape index (κ1) is 14.1. The van der Waals surface area contributed by atoms with E-state index < -0.39 is 23.2 Å². The summed E-state index contributed by atoms with van der Waals surface area (Å²) in [5.41, 5.74) is -0.967. The van der Waals surface area contributed by atoms with Crippen molar-refractivity contribution in [2.24, 2.45) is 0 Å². The van der Waals surface area contributed by atoms with Crippen LogP contribution in [-0.2, 0) is 10.1 Å². The largest absolute Gasteiger partial charge is 0.456 e. The number of benzene rings is 1. The van der Waals surface area contributed by atoms with Crippen LogP contribution in [0.2, 0.25) is 0 Å². The summed E-state index contributed by atoms with van der Waals surface area (Å²) in [6.45, 7) is 4.98. The van der Waals surface area contributed by atoms with E-state index in [0.29, 0.717) is 0 Å². The van der Waals surface area contributed by atoms with Crippen molar-refractivity contribution in [2.45, 2.75) is 31.7 Å². The van der Waals surface area contributed by atoms with Crippen LogP contribution in [0.4, 0.5) is 8.78 Å². The van der Waals surface area contributed by atoms with E-state index in [2.05, 4.69) is 15.9 Å². The van der Waals surface area contributed by atoms with Gasteiger partial charge in [0.1, 0.15) is 5.60 Å². The van der Waals surface area contributed by atoms with Gasteiger partial charge in [0.15, 0.2) is 11.6 Å². The van der Waals surface area contributed by atoms with Gasteiger partial charge in [0.2, 0.25) is 0 Å². The summed E-state index contributed by atoms with van der Waals surface area (Å²) in [4.78, 5) is 11.6. The van der Waals surface area contributed by atoms with Crippen molar-refractivity contribution in [1.29, 1.82) is 0 Å². The van der Waals surface area contributed by atoms with E-state index in [1.807, 2.05) is 0 Å². The maximum absolute atomic E-state index is 13.6. The maximum atomic E-state index is 13.6. The lowest BCUT2D eigenvalue weighted by atomic mass is 10.1. The van der Waals surface area contributed by atoms with E-state index in [1.54, 1.807) is 20.8 Å². The van der Waals surface area contributed by atoms with Gasteiger partial charge in [0.25, 0.3) is 0 Å². The molecule has 0 bridgehead atoms. The normalized spacial score (nSPS) is 11.4. The molecule has 0 atom stereocenters. The molecule has 2 nitrogen and oxygen atoms in total. The maximum Gasteiger partial charge on any atom is 0.341 e. The molecular weight excluding hydrogens is 294 g/mol. The summed E-state index contributed by atoms with van der Waals surface area (Å²) in [5, 5.41) is 0.185. The van der Waals surface area contributed by atoms with E-state index in [0.717, 1.165) is 0 Å². The summed E-state index contributed by atoms with van der Waals surface area (Å²) >= 11 is 3.03. The number of ether oxygens (including phenoxy) is 1. The van der Waals surface area contributed by atoms with E-state index >= 15 is 0 Å². The molecule has 5 heteroatoms. The van der Waals surface area contributed by atoms with Gasteiger partial charge in [0.05, 0.1) is 5.56 Å². The van der Waals surface area contributed by atoms with E-state index in [1.165, 1.54) is 12.1 Å². The molecule has 0 aliphatic heterocycles. The first-order valence-electron chi connectivity index (χ1n) is 5.02. The lowest BCUT2D eigenvalue weighted by molar-refractivity contribution is 0.00636. The highest BCUT2D eigenvalue weighted by molar-refractivity contribution is 9.08. The second kappa shape index (κ2) is 5.12. The quantitative estimate of drug-likeness (QED) is 0.613. The molecule has 1 aromatic carbocycles. The minimum Gasteiger partial charge on any atom is -0.456 e.